The van der Waals surface area contributed by atoms with Crippen molar-refractivity contribution in [3.63, 3.8) is 0 Å². The summed E-state index contributed by atoms with van der Waals surface area (Å²) in [6.45, 7) is 3.19. The Balaban J connectivity index is 1.46. The highest BCUT2D eigenvalue weighted by molar-refractivity contribution is 5.91. The first-order valence-corrected chi connectivity index (χ1v) is 8.36. The molecule has 2 saturated heterocycles. The first-order valence-electron chi connectivity index (χ1n) is 8.36. The number of carbonyl (C=O) groups is 1. The van der Waals surface area contributed by atoms with Crippen molar-refractivity contribution in [2.24, 2.45) is 5.41 Å². The van der Waals surface area contributed by atoms with E-state index in [9.17, 15) is 4.79 Å². The number of rotatable bonds is 2. The number of aromatic nitrogens is 2. The van der Waals surface area contributed by atoms with Gasteiger partial charge in [-0.15, -0.1) is 0 Å². The number of fused-ring (bicyclic) bond motifs is 1. The predicted molar refractivity (Wildman–Crippen MR) is 90.3 cm³/mol. The number of para-hydroxylation sites is 1. The summed E-state index contributed by atoms with van der Waals surface area (Å²) in [4.78, 5) is 22.0. The number of benzene rings is 1. The minimum Gasteiger partial charge on any atom is -0.494 e. The molecule has 0 radical (unpaired) electrons. The lowest BCUT2D eigenvalue weighted by atomic mass is 9.80. The Kier molecular flexibility index (Phi) is 3.80. The lowest BCUT2D eigenvalue weighted by Gasteiger charge is -2.33. The molecular weight excluding hydrogens is 308 g/mol. The quantitative estimate of drug-likeness (QED) is 0.887. The van der Waals surface area contributed by atoms with Crippen molar-refractivity contribution in [1.29, 1.82) is 0 Å². The van der Waals surface area contributed by atoms with E-state index >= 15 is 0 Å². The lowest BCUT2D eigenvalue weighted by Crippen LogP contribution is -2.37. The van der Waals surface area contributed by atoms with Crippen LogP contribution in [0.5, 0.6) is 5.75 Å². The number of carbonyl (C=O) groups excluding carboxylic acids is 1. The molecule has 1 aromatic heterocycles. The zero-order valence-electron chi connectivity index (χ0n) is 13.8. The molecule has 0 bridgehead atoms. The van der Waals surface area contributed by atoms with Gasteiger partial charge in [-0.25, -0.2) is 9.78 Å². The molecule has 2 amide bonds. The van der Waals surface area contributed by atoms with Crippen LogP contribution in [0, 0.1) is 5.41 Å². The molecule has 7 nitrogen and oxygen atoms in total. The Morgan fingerprint density at radius 1 is 1.38 bits per heavy atom. The summed E-state index contributed by atoms with van der Waals surface area (Å²) in [6.07, 6.45) is 3.13. The minimum absolute atomic E-state index is 0.101. The number of H-pyrrole nitrogens is 1. The van der Waals surface area contributed by atoms with E-state index in [4.69, 9.17) is 9.47 Å². The third kappa shape index (κ3) is 2.69. The zero-order valence-corrected chi connectivity index (χ0v) is 13.8. The fourth-order valence-electron chi connectivity index (χ4n) is 3.73. The molecule has 24 heavy (non-hydrogen) atoms. The summed E-state index contributed by atoms with van der Waals surface area (Å²) >= 11 is 0. The predicted octanol–water partition coefficient (Wildman–Crippen LogP) is 2.61. The van der Waals surface area contributed by atoms with Crippen LogP contribution in [0.4, 0.5) is 10.7 Å². The normalized spacial score (nSPS) is 19.8. The zero-order chi connectivity index (χ0) is 16.6. The maximum atomic E-state index is 12.6. The lowest BCUT2D eigenvalue weighted by molar-refractivity contribution is 0.0211. The number of amides is 2. The van der Waals surface area contributed by atoms with E-state index in [1.165, 1.54) is 0 Å². The molecule has 0 aliphatic carbocycles. The summed E-state index contributed by atoms with van der Waals surface area (Å²) in [5.74, 6) is 1.14. The van der Waals surface area contributed by atoms with Crippen molar-refractivity contribution in [1.82, 2.24) is 14.9 Å². The fraction of sp³-hybridized carbons (Fsp3) is 0.529. The maximum absolute atomic E-state index is 12.6. The Bertz CT molecular complexity index is 751. The summed E-state index contributed by atoms with van der Waals surface area (Å²) in [6, 6.07) is 5.55. The number of likely N-dealkylation sites (tertiary alicyclic amines) is 1. The third-order valence-electron chi connectivity index (χ3n) is 5.20. The second-order valence-electron chi connectivity index (χ2n) is 6.66. The summed E-state index contributed by atoms with van der Waals surface area (Å²) in [5, 5.41) is 2.88. The van der Waals surface area contributed by atoms with E-state index in [2.05, 4.69) is 15.3 Å². The number of ether oxygens (including phenoxy) is 2. The molecule has 1 aromatic carbocycles. The number of anilines is 1. The molecule has 0 unspecified atom stereocenters. The highest BCUT2D eigenvalue weighted by Gasteiger charge is 2.41. The number of urea groups is 1. The molecule has 7 heteroatoms. The Morgan fingerprint density at radius 3 is 3.00 bits per heavy atom. The van der Waals surface area contributed by atoms with Crippen LogP contribution < -0.4 is 10.1 Å². The second-order valence-corrected chi connectivity index (χ2v) is 6.66. The molecule has 0 atom stereocenters. The molecule has 2 fully saturated rings. The standard InChI is InChI=1S/C17H22N4O3/c1-23-13-4-2-3-12-14(13)19-15(18-12)20-16(22)21-8-5-17(11-21)6-9-24-10-7-17/h2-4H,5-11H2,1H3,(H2,18,19,20,22). The third-order valence-corrected chi connectivity index (χ3v) is 5.20. The smallest absolute Gasteiger partial charge is 0.324 e. The van der Waals surface area contributed by atoms with Gasteiger partial charge < -0.3 is 19.4 Å². The molecule has 1 spiro atoms. The fourth-order valence-corrected chi connectivity index (χ4v) is 3.73. The van der Waals surface area contributed by atoms with Gasteiger partial charge in [0.2, 0.25) is 5.95 Å². The Labute approximate surface area is 140 Å². The first kappa shape index (κ1) is 15.3. The number of nitrogens with one attached hydrogen (secondary N) is 2. The van der Waals surface area contributed by atoms with E-state index in [0.29, 0.717) is 11.7 Å². The molecule has 2 aromatic rings. The highest BCUT2D eigenvalue weighted by Crippen LogP contribution is 2.39. The summed E-state index contributed by atoms with van der Waals surface area (Å²) < 4.78 is 10.8. The van der Waals surface area contributed by atoms with Gasteiger partial charge in [0, 0.05) is 26.3 Å². The average molecular weight is 330 g/mol. The number of aromatic amines is 1. The van der Waals surface area contributed by atoms with E-state index in [0.717, 1.165) is 56.6 Å². The van der Waals surface area contributed by atoms with Crippen molar-refractivity contribution in [3.05, 3.63) is 18.2 Å². The van der Waals surface area contributed by atoms with Crippen molar-refractivity contribution < 1.29 is 14.3 Å². The monoisotopic (exact) mass is 330 g/mol. The van der Waals surface area contributed by atoms with Crippen LogP contribution in [0.3, 0.4) is 0 Å². The molecule has 2 aliphatic heterocycles. The van der Waals surface area contributed by atoms with Gasteiger partial charge in [0.15, 0.2) is 0 Å². The van der Waals surface area contributed by atoms with Gasteiger partial charge in [-0.05, 0) is 36.8 Å². The SMILES string of the molecule is COc1cccc2[nH]c(NC(=O)N3CCC4(CCOCC4)C3)nc12. The number of hydrogen-bond acceptors (Lipinski definition) is 4. The number of hydrogen-bond donors (Lipinski definition) is 2. The van der Waals surface area contributed by atoms with E-state index in [-0.39, 0.29) is 11.4 Å². The number of methoxy groups -OCH3 is 1. The van der Waals surface area contributed by atoms with Crippen molar-refractivity contribution >= 4 is 23.0 Å². The van der Waals surface area contributed by atoms with Gasteiger partial charge in [-0.1, -0.05) is 6.07 Å². The van der Waals surface area contributed by atoms with E-state index < -0.39 is 0 Å². The number of nitrogens with zero attached hydrogens (tertiary/aromatic N) is 2. The highest BCUT2D eigenvalue weighted by atomic mass is 16.5. The van der Waals surface area contributed by atoms with Crippen molar-refractivity contribution in [2.75, 3.05) is 38.7 Å². The maximum Gasteiger partial charge on any atom is 0.324 e. The molecule has 2 aliphatic rings. The Morgan fingerprint density at radius 2 is 2.21 bits per heavy atom. The van der Waals surface area contributed by atoms with Crippen LogP contribution in [0.15, 0.2) is 18.2 Å². The molecule has 128 valence electrons. The molecule has 0 saturated carbocycles. The molecular formula is C17H22N4O3. The number of imidazole rings is 1. The largest absolute Gasteiger partial charge is 0.494 e. The van der Waals surface area contributed by atoms with Gasteiger partial charge in [0.05, 0.1) is 12.6 Å². The van der Waals surface area contributed by atoms with Gasteiger partial charge in [0.1, 0.15) is 11.3 Å². The van der Waals surface area contributed by atoms with Gasteiger partial charge in [-0.2, -0.15) is 0 Å². The Hall–Kier alpha value is -2.28. The van der Waals surface area contributed by atoms with E-state index in [1.54, 1.807) is 7.11 Å². The van der Waals surface area contributed by atoms with Crippen LogP contribution in [-0.2, 0) is 4.74 Å². The second kappa shape index (κ2) is 5.98. The molecule has 4 rings (SSSR count). The minimum atomic E-state index is -0.101. The van der Waals surface area contributed by atoms with Crippen molar-refractivity contribution in [2.45, 2.75) is 19.3 Å². The van der Waals surface area contributed by atoms with Crippen LogP contribution in [0.2, 0.25) is 0 Å². The summed E-state index contributed by atoms with van der Waals surface area (Å²) in [5.41, 5.74) is 1.80. The van der Waals surface area contributed by atoms with Crippen LogP contribution >= 0.6 is 0 Å². The van der Waals surface area contributed by atoms with E-state index in [1.807, 2.05) is 23.1 Å². The van der Waals surface area contributed by atoms with Crippen LogP contribution in [-0.4, -0.2) is 54.3 Å². The van der Waals surface area contributed by atoms with Crippen LogP contribution in [0.1, 0.15) is 19.3 Å². The molecule has 2 N–H and O–H groups in total. The van der Waals surface area contributed by atoms with Gasteiger partial charge in [0.25, 0.3) is 0 Å². The summed E-state index contributed by atoms with van der Waals surface area (Å²) in [7, 11) is 1.61. The van der Waals surface area contributed by atoms with Crippen LogP contribution in [0.25, 0.3) is 11.0 Å². The molecule has 3 heterocycles. The topological polar surface area (TPSA) is 79.5 Å². The van der Waals surface area contributed by atoms with Gasteiger partial charge in [-0.3, -0.25) is 5.32 Å². The van der Waals surface area contributed by atoms with Crippen molar-refractivity contribution in [3.8, 4) is 5.75 Å². The average Bonchev–Trinajstić information content (AvgIpc) is 3.19. The first-order chi connectivity index (χ1) is 11.7. The van der Waals surface area contributed by atoms with Gasteiger partial charge >= 0.3 is 6.03 Å².